The molecular weight excluding hydrogens is 324 g/mol. The third kappa shape index (κ3) is 2.39. The fourth-order valence-corrected chi connectivity index (χ4v) is 7.16. The van der Waals surface area contributed by atoms with Crippen molar-refractivity contribution in [3.8, 4) is 5.75 Å². The van der Waals surface area contributed by atoms with Gasteiger partial charge in [0.2, 0.25) is 0 Å². The Labute approximate surface area is 158 Å². The molecule has 0 saturated heterocycles. The largest absolute Gasteiger partial charge is 0.497 e. The molecule has 0 aliphatic heterocycles. The SMILES string of the molecule is COC[C@]1([C@H](C)O)CC[C@H]2[C@@H]3CCc4cc(OC)ccc4[C@H]3CC[C@@]21C. The zero-order chi connectivity index (χ0) is 18.5. The zero-order valence-corrected chi connectivity index (χ0v) is 16.8. The Hall–Kier alpha value is -1.06. The molecule has 3 nitrogen and oxygen atoms in total. The number of aliphatic hydroxyl groups is 1. The molecule has 6 atom stereocenters. The third-order valence-corrected chi connectivity index (χ3v) is 8.56. The molecule has 3 heteroatoms. The van der Waals surface area contributed by atoms with Crippen LogP contribution >= 0.6 is 0 Å². The van der Waals surface area contributed by atoms with Gasteiger partial charge in [0.1, 0.15) is 5.75 Å². The van der Waals surface area contributed by atoms with Crippen molar-refractivity contribution in [2.75, 3.05) is 20.8 Å². The lowest BCUT2D eigenvalue weighted by atomic mass is 9.50. The first-order valence-corrected chi connectivity index (χ1v) is 10.3. The summed E-state index contributed by atoms with van der Waals surface area (Å²) in [6.07, 6.45) is 6.87. The molecule has 1 N–H and O–H groups in total. The molecule has 0 bridgehead atoms. The summed E-state index contributed by atoms with van der Waals surface area (Å²) in [4.78, 5) is 0. The average Bonchev–Trinajstić information content (AvgIpc) is 2.95. The molecule has 1 aromatic rings. The molecule has 144 valence electrons. The van der Waals surface area contributed by atoms with E-state index in [0.717, 1.165) is 24.5 Å². The highest BCUT2D eigenvalue weighted by Gasteiger charge is 2.63. The van der Waals surface area contributed by atoms with Gasteiger partial charge in [-0.05, 0) is 91.9 Å². The second-order valence-electron chi connectivity index (χ2n) is 9.24. The van der Waals surface area contributed by atoms with Crippen LogP contribution in [-0.4, -0.2) is 32.0 Å². The Bertz CT molecular complexity index is 669. The summed E-state index contributed by atoms with van der Waals surface area (Å²) in [5.41, 5.74) is 3.15. The van der Waals surface area contributed by atoms with Crippen LogP contribution in [-0.2, 0) is 11.2 Å². The molecule has 0 radical (unpaired) electrons. The second kappa shape index (κ2) is 6.53. The van der Waals surface area contributed by atoms with Gasteiger partial charge in [-0.15, -0.1) is 0 Å². The van der Waals surface area contributed by atoms with Crippen molar-refractivity contribution < 1.29 is 14.6 Å². The van der Waals surface area contributed by atoms with Gasteiger partial charge in [-0.2, -0.15) is 0 Å². The lowest BCUT2D eigenvalue weighted by Gasteiger charge is -2.56. The van der Waals surface area contributed by atoms with Crippen LogP contribution in [0, 0.1) is 22.7 Å². The lowest BCUT2D eigenvalue weighted by molar-refractivity contribution is -0.123. The lowest BCUT2D eigenvalue weighted by Crippen LogP contribution is -2.53. The minimum atomic E-state index is -0.311. The van der Waals surface area contributed by atoms with Crippen LogP contribution < -0.4 is 4.74 Å². The molecule has 2 fully saturated rings. The zero-order valence-electron chi connectivity index (χ0n) is 16.8. The normalized spacial score (nSPS) is 39.7. The highest BCUT2D eigenvalue weighted by Crippen LogP contribution is 2.68. The number of hydrogen-bond acceptors (Lipinski definition) is 3. The van der Waals surface area contributed by atoms with Gasteiger partial charge in [0.15, 0.2) is 0 Å². The number of hydrogen-bond donors (Lipinski definition) is 1. The second-order valence-corrected chi connectivity index (χ2v) is 9.24. The first kappa shape index (κ1) is 18.3. The smallest absolute Gasteiger partial charge is 0.119 e. The van der Waals surface area contributed by atoms with Gasteiger partial charge in [0.25, 0.3) is 0 Å². The monoisotopic (exact) mass is 358 g/mol. The van der Waals surface area contributed by atoms with Crippen molar-refractivity contribution in [1.29, 1.82) is 0 Å². The van der Waals surface area contributed by atoms with Gasteiger partial charge < -0.3 is 14.6 Å². The Morgan fingerprint density at radius 3 is 2.69 bits per heavy atom. The highest BCUT2D eigenvalue weighted by atomic mass is 16.5. The van der Waals surface area contributed by atoms with Crippen LogP contribution in [0.3, 0.4) is 0 Å². The molecule has 0 amide bonds. The van der Waals surface area contributed by atoms with Gasteiger partial charge in [-0.3, -0.25) is 0 Å². The summed E-state index contributed by atoms with van der Waals surface area (Å²) >= 11 is 0. The molecule has 3 aliphatic carbocycles. The van der Waals surface area contributed by atoms with Crippen LogP contribution in [0.1, 0.15) is 63.0 Å². The molecule has 1 aromatic carbocycles. The van der Waals surface area contributed by atoms with Crippen LogP contribution in [0.4, 0.5) is 0 Å². The molecule has 3 aliphatic rings. The van der Waals surface area contributed by atoms with E-state index in [4.69, 9.17) is 9.47 Å². The van der Waals surface area contributed by atoms with Gasteiger partial charge >= 0.3 is 0 Å². The summed E-state index contributed by atoms with van der Waals surface area (Å²) in [5, 5.41) is 10.8. The van der Waals surface area contributed by atoms with Crippen molar-refractivity contribution in [3.63, 3.8) is 0 Å². The summed E-state index contributed by atoms with van der Waals surface area (Å²) in [6, 6.07) is 6.70. The van der Waals surface area contributed by atoms with Gasteiger partial charge in [-0.1, -0.05) is 13.0 Å². The number of benzene rings is 1. The van der Waals surface area contributed by atoms with Gasteiger partial charge in [0, 0.05) is 12.5 Å². The number of fused-ring (bicyclic) bond motifs is 5. The fraction of sp³-hybridized carbons (Fsp3) is 0.739. The van der Waals surface area contributed by atoms with E-state index < -0.39 is 0 Å². The van der Waals surface area contributed by atoms with Crippen molar-refractivity contribution in [1.82, 2.24) is 0 Å². The van der Waals surface area contributed by atoms with Crippen molar-refractivity contribution in [2.24, 2.45) is 22.7 Å². The third-order valence-electron chi connectivity index (χ3n) is 8.56. The summed E-state index contributed by atoms with van der Waals surface area (Å²) in [5.74, 6) is 3.10. The molecule has 2 saturated carbocycles. The maximum Gasteiger partial charge on any atom is 0.119 e. The Morgan fingerprint density at radius 1 is 1.19 bits per heavy atom. The highest BCUT2D eigenvalue weighted by molar-refractivity contribution is 5.40. The molecule has 0 unspecified atom stereocenters. The molecule has 0 aromatic heterocycles. The number of aliphatic hydroxyl groups excluding tert-OH is 1. The van der Waals surface area contributed by atoms with Crippen LogP contribution in [0.5, 0.6) is 5.75 Å². The molecule has 0 heterocycles. The first-order valence-electron chi connectivity index (χ1n) is 10.3. The maximum atomic E-state index is 10.8. The average molecular weight is 359 g/mol. The van der Waals surface area contributed by atoms with Crippen LogP contribution in [0.2, 0.25) is 0 Å². The van der Waals surface area contributed by atoms with E-state index in [1.165, 1.54) is 31.2 Å². The topological polar surface area (TPSA) is 38.7 Å². The minimum Gasteiger partial charge on any atom is -0.497 e. The summed E-state index contributed by atoms with van der Waals surface area (Å²) in [7, 11) is 3.54. The molecular formula is C23H34O3. The van der Waals surface area contributed by atoms with Crippen molar-refractivity contribution in [3.05, 3.63) is 29.3 Å². The summed E-state index contributed by atoms with van der Waals surface area (Å²) < 4.78 is 11.1. The molecule has 26 heavy (non-hydrogen) atoms. The van der Waals surface area contributed by atoms with E-state index in [1.807, 2.05) is 6.92 Å². The first-order chi connectivity index (χ1) is 12.5. The number of rotatable bonds is 4. The van der Waals surface area contributed by atoms with Gasteiger partial charge in [0.05, 0.1) is 19.8 Å². The Morgan fingerprint density at radius 2 is 2.00 bits per heavy atom. The van der Waals surface area contributed by atoms with E-state index in [1.54, 1.807) is 19.8 Å². The Kier molecular flexibility index (Phi) is 4.60. The quantitative estimate of drug-likeness (QED) is 0.857. The van der Waals surface area contributed by atoms with E-state index >= 15 is 0 Å². The predicted molar refractivity (Wildman–Crippen MR) is 104 cm³/mol. The number of aryl methyl sites for hydroxylation is 1. The van der Waals surface area contributed by atoms with E-state index in [2.05, 4.69) is 25.1 Å². The number of methoxy groups -OCH3 is 2. The summed E-state index contributed by atoms with van der Waals surface area (Å²) in [6.45, 7) is 5.13. The molecule has 0 spiro atoms. The standard InChI is InChI=1S/C23H34O3/c1-15(24)23(14-25-3)12-10-21-20-7-5-16-13-17(26-4)6-8-18(16)19(20)9-11-22(21,23)2/h6,8,13,15,19-21,24H,5,7,9-12,14H2,1-4H3/t15-,19+,20+,21-,22-,23-/m0/s1. The van der Waals surface area contributed by atoms with Crippen LogP contribution in [0.25, 0.3) is 0 Å². The Balaban J connectivity index is 1.67. The van der Waals surface area contributed by atoms with E-state index in [9.17, 15) is 5.11 Å². The predicted octanol–water partition coefficient (Wildman–Crippen LogP) is 4.56. The maximum absolute atomic E-state index is 10.8. The van der Waals surface area contributed by atoms with E-state index in [-0.39, 0.29) is 16.9 Å². The van der Waals surface area contributed by atoms with E-state index in [0.29, 0.717) is 18.4 Å². The number of ether oxygens (including phenoxy) is 2. The van der Waals surface area contributed by atoms with Crippen molar-refractivity contribution >= 4 is 0 Å². The van der Waals surface area contributed by atoms with Crippen molar-refractivity contribution in [2.45, 2.75) is 64.4 Å². The minimum absolute atomic E-state index is 0.0857. The van der Waals surface area contributed by atoms with Crippen LogP contribution in [0.15, 0.2) is 18.2 Å². The fourth-order valence-electron chi connectivity index (χ4n) is 7.16. The van der Waals surface area contributed by atoms with Gasteiger partial charge in [-0.25, -0.2) is 0 Å². The molecule has 4 rings (SSSR count).